The lowest BCUT2D eigenvalue weighted by Gasteiger charge is -2.44. The van der Waals surface area contributed by atoms with Gasteiger partial charge in [0.2, 0.25) is 11.9 Å². The summed E-state index contributed by atoms with van der Waals surface area (Å²) in [5.74, 6) is 1.55. The van der Waals surface area contributed by atoms with Gasteiger partial charge in [0.25, 0.3) is 0 Å². The van der Waals surface area contributed by atoms with Crippen LogP contribution in [0.15, 0.2) is 36.9 Å². The molecule has 2 aromatic heterocycles. The van der Waals surface area contributed by atoms with Crippen LogP contribution >= 0.6 is 0 Å². The first-order chi connectivity index (χ1) is 16.6. The summed E-state index contributed by atoms with van der Waals surface area (Å²) in [5.41, 5.74) is -0.469. The van der Waals surface area contributed by atoms with Crippen molar-refractivity contribution in [3.8, 4) is 0 Å². The highest BCUT2D eigenvalue weighted by molar-refractivity contribution is 5.68. The van der Waals surface area contributed by atoms with Crippen molar-refractivity contribution in [1.82, 2.24) is 30.2 Å². The smallest absolute Gasteiger partial charge is 0.410 e. The molecule has 2 aliphatic rings. The van der Waals surface area contributed by atoms with E-state index in [0.717, 1.165) is 19.0 Å². The standard InChI is InChI=1S/C15H24N4O2.C10H16N4/c1-11-9-18(14(20)21-15(3,4)5)10-12(2)19(11)13-16-7-6-8-17-13;1-8-6-11-7-9(2)14(8)10-12-4-3-5-13-10/h6-8,11-12H,9-10H2,1-5H3;3-5,8-9,11H,6-7H2,1-2H3. The lowest BCUT2D eigenvalue weighted by molar-refractivity contribution is 0.0192. The number of nitrogens with zero attached hydrogens (tertiary/aromatic N) is 7. The van der Waals surface area contributed by atoms with E-state index < -0.39 is 5.60 Å². The van der Waals surface area contributed by atoms with E-state index >= 15 is 0 Å². The fourth-order valence-corrected chi connectivity index (χ4v) is 4.57. The molecule has 0 aliphatic carbocycles. The average Bonchev–Trinajstić information content (AvgIpc) is 2.79. The van der Waals surface area contributed by atoms with Crippen molar-refractivity contribution >= 4 is 18.0 Å². The molecule has 4 unspecified atom stereocenters. The number of ether oxygens (including phenoxy) is 1. The molecule has 0 bridgehead atoms. The number of anilines is 2. The van der Waals surface area contributed by atoms with E-state index in [-0.39, 0.29) is 18.2 Å². The number of aromatic nitrogens is 4. The SMILES string of the molecule is CC1CN(C(=O)OC(C)(C)C)CC(C)N1c1ncccn1.CC1CNCC(C)N1c1ncccn1. The first-order valence-corrected chi connectivity index (χ1v) is 12.4. The van der Waals surface area contributed by atoms with Gasteiger partial charge >= 0.3 is 6.09 Å². The van der Waals surface area contributed by atoms with Gasteiger partial charge in [0.05, 0.1) is 0 Å². The van der Waals surface area contributed by atoms with Gasteiger partial charge in [0, 0.05) is 75.1 Å². The van der Waals surface area contributed by atoms with Crippen LogP contribution in [-0.4, -0.2) is 86.9 Å². The second-order valence-corrected chi connectivity index (χ2v) is 10.4. The van der Waals surface area contributed by atoms with Gasteiger partial charge in [-0.15, -0.1) is 0 Å². The molecule has 0 saturated carbocycles. The minimum atomic E-state index is -0.469. The van der Waals surface area contributed by atoms with Crippen LogP contribution in [0, 0.1) is 0 Å². The first-order valence-electron chi connectivity index (χ1n) is 12.4. The van der Waals surface area contributed by atoms with Crippen molar-refractivity contribution in [3.63, 3.8) is 0 Å². The number of hydrogen-bond acceptors (Lipinski definition) is 9. The van der Waals surface area contributed by atoms with Gasteiger partial charge < -0.3 is 24.8 Å². The Kier molecular flexibility index (Phi) is 8.82. The van der Waals surface area contributed by atoms with E-state index in [0.29, 0.717) is 31.1 Å². The van der Waals surface area contributed by atoms with Crippen molar-refractivity contribution in [2.24, 2.45) is 0 Å². The molecule has 0 radical (unpaired) electrons. The number of piperazine rings is 2. The number of rotatable bonds is 2. The highest BCUT2D eigenvalue weighted by atomic mass is 16.6. The van der Waals surface area contributed by atoms with E-state index in [1.54, 1.807) is 35.8 Å². The lowest BCUT2D eigenvalue weighted by Crippen LogP contribution is -2.59. The summed E-state index contributed by atoms with van der Waals surface area (Å²) < 4.78 is 5.45. The molecule has 2 saturated heterocycles. The molecule has 2 fully saturated rings. The zero-order chi connectivity index (χ0) is 25.6. The van der Waals surface area contributed by atoms with Crippen LogP contribution in [0.1, 0.15) is 48.5 Å². The largest absolute Gasteiger partial charge is 0.444 e. The molecule has 192 valence electrons. The van der Waals surface area contributed by atoms with E-state index in [4.69, 9.17) is 4.74 Å². The zero-order valence-electron chi connectivity index (χ0n) is 22.0. The molecule has 0 aromatic carbocycles. The summed E-state index contributed by atoms with van der Waals surface area (Å²) >= 11 is 0. The third-order valence-corrected chi connectivity index (χ3v) is 5.97. The molecule has 10 heteroatoms. The second kappa shape index (κ2) is 11.6. The van der Waals surface area contributed by atoms with E-state index in [1.807, 2.05) is 26.8 Å². The average molecular weight is 485 g/mol. The predicted molar refractivity (Wildman–Crippen MR) is 138 cm³/mol. The van der Waals surface area contributed by atoms with Crippen molar-refractivity contribution in [3.05, 3.63) is 36.9 Å². The number of nitrogens with one attached hydrogen (secondary N) is 1. The van der Waals surface area contributed by atoms with Crippen LogP contribution < -0.4 is 15.1 Å². The van der Waals surface area contributed by atoms with E-state index in [1.165, 1.54) is 0 Å². The molecule has 1 N–H and O–H groups in total. The number of carbonyl (C=O) groups is 1. The topological polar surface area (TPSA) is 99.6 Å². The normalized spacial score (nSPS) is 24.9. The van der Waals surface area contributed by atoms with E-state index in [9.17, 15) is 4.79 Å². The molecule has 2 aromatic rings. The maximum absolute atomic E-state index is 12.2. The molecule has 2 aliphatic heterocycles. The third kappa shape index (κ3) is 7.24. The highest BCUT2D eigenvalue weighted by Gasteiger charge is 2.35. The highest BCUT2D eigenvalue weighted by Crippen LogP contribution is 2.22. The van der Waals surface area contributed by atoms with Crippen molar-refractivity contribution in [2.75, 3.05) is 36.0 Å². The Morgan fingerprint density at radius 1 is 0.800 bits per heavy atom. The van der Waals surface area contributed by atoms with Crippen LogP contribution in [0.2, 0.25) is 0 Å². The molecule has 1 amide bonds. The second-order valence-electron chi connectivity index (χ2n) is 10.4. The molecule has 4 rings (SSSR count). The van der Waals surface area contributed by atoms with Crippen LogP contribution in [0.5, 0.6) is 0 Å². The van der Waals surface area contributed by atoms with E-state index in [2.05, 4.69) is 62.7 Å². The van der Waals surface area contributed by atoms with Crippen molar-refractivity contribution in [2.45, 2.75) is 78.2 Å². The molecule has 10 nitrogen and oxygen atoms in total. The Bertz CT molecular complexity index is 902. The fraction of sp³-hybridized carbons (Fsp3) is 0.640. The number of carbonyl (C=O) groups excluding carboxylic acids is 1. The van der Waals surface area contributed by atoms with Gasteiger partial charge in [0.1, 0.15) is 5.60 Å². The minimum Gasteiger partial charge on any atom is -0.444 e. The summed E-state index contributed by atoms with van der Waals surface area (Å²) in [6, 6.07) is 4.85. The van der Waals surface area contributed by atoms with Crippen LogP contribution in [-0.2, 0) is 4.74 Å². The third-order valence-electron chi connectivity index (χ3n) is 5.97. The monoisotopic (exact) mass is 484 g/mol. The first kappa shape index (κ1) is 26.6. The van der Waals surface area contributed by atoms with Gasteiger partial charge in [0.15, 0.2) is 0 Å². The molecular weight excluding hydrogens is 444 g/mol. The fourth-order valence-electron chi connectivity index (χ4n) is 4.57. The van der Waals surface area contributed by atoms with Gasteiger partial charge in [-0.3, -0.25) is 0 Å². The van der Waals surface area contributed by atoms with Crippen LogP contribution in [0.3, 0.4) is 0 Å². The summed E-state index contributed by atoms with van der Waals surface area (Å²) in [6.07, 6.45) is 6.81. The Balaban J connectivity index is 0.000000211. The Morgan fingerprint density at radius 2 is 1.20 bits per heavy atom. The number of hydrogen-bond donors (Lipinski definition) is 1. The Labute approximate surface area is 209 Å². The molecule has 0 spiro atoms. The van der Waals surface area contributed by atoms with Crippen molar-refractivity contribution in [1.29, 1.82) is 0 Å². The molecule has 35 heavy (non-hydrogen) atoms. The molecule has 4 heterocycles. The zero-order valence-corrected chi connectivity index (χ0v) is 22.0. The Morgan fingerprint density at radius 3 is 1.60 bits per heavy atom. The molecular formula is C25H40N8O2. The predicted octanol–water partition coefficient (Wildman–Crippen LogP) is 2.97. The van der Waals surface area contributed by atoms with Gasteiger partial charge in [-0.2, -0.15) is 0 Å². The maximum atomic E-state index is 12.2. The summed E-state index contributed by atoms with van der Waals surface area (Å²) in [6.45, 7) is 17.4. The van der Waals surface area contributed by atoms with Crippen molar-refractivity contribution < 1.29 is 9.53 Å². The lowest BCUT2D eigenvalue weighted by atomic mass is 10.1. The quantitative estimate of drug-likeness (QED) is 0.689. The summed E-state index contributed by atoms with van der Waals surface area (Å²) in [4.78, 5) is 35.6. The number of amides is 1. The summed E-state index contributed by atoms with van der Waals surface area (Å²) in [5, 5.41) is 3.39. The van der Waals surface area contributed by atoms with Gasteiger partial charge in [-0.25, -0.2) is 24.7 Å². The van der Waals surface area contributed by atoms with Crippen LogP contribution in [0.25, 0.3) is 0 Å². The summed E-state index contributed by atoms with van der Waals surface area (Å²) in [7, 11) is 0. The van der Waals surface area contributed by atoms with Gasteiger partial charge in [-0.1, -0.05) is 0 Å². The molecule has 4 atom stereocenters. The van der Waals surface area contributed by atoms with Crippen LogP contribution in [0.4, 0.5) is 16.7 Å². The Hall–Kier alpha value is -3.01. The van der Waals surface area contributed by atoms with Gasteiger partial charge in [-0.05, 0) is 60.6 Å². The maximum Gasteiger partial charge on any atom is 0.410 e. The minimum absolute atomic E-state index is 0.142.